The lowest BCUT2D eigenvalue weighted by Gasteiger charge is -2.14. The minimum absolute atomic E-state index is 0.0540. The van der Waals surface area contributed by atoms with Gasteiger partial charge < -0.3 is 14.6 Å². The van der Waals surface area contributed by atoms with Gasteiger partial charge in [-0.3, -0.25) is 14.9 Å². The molecule has 2 N–H and O–H groups in total. The number of hydrogen-bond donors (Lipinski definition) is 2. The largest absolute Gasteiger partial charge is 0.466 e. The molecule has 2 amide bonds. The van der Waals surface area contributed by atoms with E-state index in [0.29, 0.717) is 40.4 Å². The molecule has 0 radical (unpaired) electrons. The average molecular weight is 429 g/mol. The number of amides is 2. The Balaban J connectivity index is 1.78. The van der Waals surface area contributed by atoms with E-state index in [4.69, 9.17) is 4.74 Å². The van der Waals surface area contributed by atoms with Crippen LogP contribution < -0.4 is 16.2 Å². The lowest BCUT2D eigenvalue weighted by atomic mass is 10.1. The first-order chi connectivity index (χ1) is 14.4. The quantitative estimate of drug-likeness (QED) is 0.556. The molecular formula is C21H24N4O4S. The zero-order valence-electron chi connectivity index (χ0n) is 17.1. The van der Waals surface area contributed by atoms with Crippen LogP contribution >= 0.6 is 11.3 Å². The van der Waals surface area contributed by atoms with Gasteiger partial charge in [-0.05, 0) is 18.9 Å². The number of nitrogens with zero attached hydrogens (tertiary/aromatic N) is 2. The van der Waals surface area contributed by atoms with Crippen LogP contribution in [0.1, 0.15) is 26.5 Å². The van der Waals surface area contributed by atoms with E-state index in [-0.39, 0.29) is 23.9 Å². The number of carbonyl (C=O) groups is 2. The van der Waals surface area contributed by atoms with E-state index < -0.39 is 6.03 Å². The highest BCUT2D eigenvalue weighted by molar-refractivity contribution is 7.14. The molecule has 2 heterocycles. The summed E-state index contributed by atoms with van der Waals surface area (Å²) in [7, 11) is 0. The predicted molar refractivity (Wildman–Crippen MR) is 118 cm³/mol. The molecule has 0 bridgehead atoms. The number of aromatic nitrogens is 2. The minimum atomic E-state index is -0.480. The molecule has 0 saturated carbocycles. The number of esters is 1. The van der Waals surface area contributed by atoms with E-state index in [1.54, 1.807) is 41.3 Å². The van der Waals surface area contributed by atoms with Crippen molar-refractivity contribution in [3.05, 3.63) is 51.9 Å². The van der Waals surface area contributed by atoms with Crippen LogP contribution in [-0.4, -0.2) is 28.2 Å². The number of carbonyl (C=O) groups excluding carboxylic acids is 2. The SMILES string of the molecule is CCOC(=O)Cc1csc(NC(=O)Nc2cn(CC(C)C)c(=O)c3ccccc23)n1. The van der Waals surface area contributed by atoms with Gasteiger partial charge in [0.25, 0.3) is 5.56 Å². The average Bonchev–Trinajstić information content (AvgIpc) is 3.11. The van der Waals surface area contributed by atoms with Crippen molar-refractivity contribution in [2.75, 3.05) is 17.2 Å². The molecule has 0 spiro atoms. The summed E-state index contributed by atoms with van der Waals surface area (Å²) in [6.07, 6.45) is 1.72. The topological polar surface area (TPSA) is 102 Å². The summed E-state index contributed by atoms with van der Waals surface area (Å²) < 4.78 is 6.52. The van der Waals surface area contributed by atoms with E-state index in [0.717, 1.165) is 0 Å². The molecule has 158 valence electrons. The zero-order valence-corrected chi connectivity index (χ0v) is 17.9. The maximum Gasteiger partial charge on any atom is 0.325 e. The van der Waals surface area contributed by atoms with Crippen LogP contribution in [0.15, 0.2) is 40.6 Å². The number of nitrogens with one attached hydrogen (secondary N) is 2. The van der Waals surface area contributed by atoms with E-state index in [1.807, 2.05) is 19.9 Å². The number of thiazole rings is 1. The number of ether oxygens (including phenoxy) is 1. The molecule has 30 heavy (non-hydrogen) atoms. The van der Waals surface area contributed by atoms with Gasteiger partial charge in [0, 0.05) is 28.9 Å². The van der Waals surface area contributed by atoms with Crippen molar-refractivity contribution >= 4 is 44.9 Å². The second-order valence-corrected chi connectivity index (χ2v) is 8.00. The van der Waals surface area contributed by atoms with Gasteiger partial charge in [-0.25, -0.2) is 9.78 Å². The molecule has 2 aromatic heterocycles. The van der Waals surface area contributed by atoms with E-state index >= 15 is 0 Å². The fourth-order valence-electron chi connectivity index (χ4n) is 3.03. The molecule has 8 nitrogen and oxygen atoms in total. The molecule has 0 aliphatic rings. The molecule has 0 atom stereocenters. The Morgan fingerprint density at radius 2 is 1.93 bits per heavy atom. The number of rotatable bonds is 7. The van der Waals surface area contributed by atoms with Crippen LogP contribution in [0, 0.1) is 5.92 Å². The van der Waals surface area contributed by atoms with E-state index in [2.05, 4.69) is 15.6 Å². The molecule has 3 aromatic rings. The summed E-state index contributed by atoms with van der Waals surface area (Å²) >= 11 is 1.22. The summed E-state index contributed by atoms with van der Waals surface area (Å²) in [5.41, 5.74) is 0.977. The van der Waals surface area contributed by atoms with E-state index in [9.17, 15) is 14.4 Å². The van der Waals surface area contributed by atoms with Gasteiger partial charge in [-0.15, -0.1) is 11.3 Å². The Bertz CT molecular complexity index is 1120. The smallest absolute Gasteiger partial charge is 0.325 e. The van der Waals surface area contributed by atoms with E-state index in [1.165, 1.54) is 11.3 Å². The standard InChI is InChI=1S/C21H24N4O4S/c1-4-29-18(26)9-14-12-30-21(22-14)24-20(28)23-17-11-25(10-13(2)3)19(27)16-8-6-5-7-15(16)17/h5-8,11-13H,4,9-10H2,1-3H3,(H2,22,23,24,28). The van der Waals surface area contributed by atoms with Crippen molar-refractivity contribution < 1.29 is 14.3 Å². The molecular weight excluding hydrogens is 404 g/mol. The normalized spacial score (nSPS) is 10.9. The number of benzene rings is 1. The highest BCUT2D eigenvalue weighted by Crippen LogP contribution is 2.22. The second-order valence-electron chi connectivity index (χ2n) is 7.14. The van der Waals surface area contributed by atoms with Crippen molar-refractivity contribution in [1.29, 1.82) is 0 Å². The van der Waals surface area contributed by atoms with Crippen LogP contribution in [0.4, 0.5) is 15.6 Å². The van der Waals surface area contributed by atoms with Crippen LogP contribution in [0.2, 0.25) is 0 Å². The van der Waals surface area contributed by atoms with Gasteiger partial charge in [0.1, 0.15) is 0 Å². The Hall–Kier alpha value is -3.20. The number of hydrogen-bond acceptors (Lipinski definition) is 6. The number of fused-ring (bicyclic) bond motifs is 1. The Labute approximate surface area is 177 Å². The fourth-order valence-corrected chi connectivity index (χ4v) is 3.73. The Morgan fingerprint density at radius 3 is 2.63 bits per heavy atom. The molecule has 9 heteroatoms. The van der Waals surface area contributed by atoms with Gasteiger partial charge in [-0.1, -0.05) is 32.0 Å². The molecule has 0 fully saturated rings. The van der Waals surface area contributed by atoms with Crippen molar-refractivity contribution in [3.8, 4) is 0 Å². The van der Waals surface area contributed by atoms with Gasteiger partial charge in [0.15, 0.2) is 5.13 Å². The molecule has 0 unspecified atom stereocenters. The van der Waals surface area contributed by atoms with Crippen molar-refractivity contribution in [3.63, 3.8) is 0 Å². The highest BCUT2D eigenvalue weighted by atomic mass is 32.1. The third-order valence-electron chi connectivity index (χ3n) is 4.21. The lowest BCUT2D eigenvalue weighted by Crippen LogP contribution is -2.25. The van der Waals surface area contributed by atoms with Crippen molar-refractivity contribution in [1.82, 2.24) is 9.55 Å². The predicted octanol–water partition coefficient (Wildman–Crippen LogP) is 3.86. The first kappa shape index (κ1) is 21.5. The van der Waals surface area contributed by atoms with Crippen molar-refractivity contribution in [2.45, 2.75) is 33.7 Å². The van der Waals surface area contributed by atoms with Gasteiger partial charge in [0.05, 0.1) is 24.4 Å². The first-order valence-corrected chi connectivity index (χ1v) is 10.6. The molecule has 3 rings (SSSR count). The summed E-state index contributed by atoms with van der Waals surface area (Å²) in [6.45, 7) is 6.65. The third-order valence-corrected chi connectivity index (χ3v) is 5.01. The molecule has 1 aromatic carbocycles. The van der Waals surface area contributed by atoms with Crippen molar-refractivity contribution in [2.24, 2.45) is 5.92 Å². The second kappa shape index (κ2) is 9.53. The summed E-state index contributed by atoms with van der Waals surface area (Å²) in [5.74, 6) is -0.0867. The summed E-state index contributed by atoms with van der Waals surface area (Å²) in [6, 6.07) is 6.69. The summed E-state index contributed by atoms with van der Waals surface area (Å²) in [4.78, 5) is 41.1. The number of anilines is 2. The molecule has 0 aliphatic carbocycles. The van der Waals surface area contributed by atoms with Crippen LogP contribution in [0.5, 0.6) is 0 Å². The number of urea groups is 1. The maximum atomic E-state index is 12.7. The van der Waals surface area contributed by atoms with Gasteiger partial charge >= 0.3 is 12.0 Å². The minimum Gasteiger partial charge on any atom is -0.466 e. The van der Waals surface area contributed by atoms with Crippen LogP contribution in [0.3, 0.4) is 0 Å². The zero-order chi connectivity index (χ0) is 21.7. The highest BCUT2D eigenvalue weighted by Gasteiger charge is 2.14. The van der Waals surface area contributed by atoms with Gasteiger partial charge in [-0.2, -0.15) is 0 Å². The maximum absolute atomic E-state index is 12.7. The first-order valence-electron chi connectivity index (χ1n) is 9.67. The Morgan fingerprint density at radius 1 is 1.20 bits per heavy atom. The van der Waals surface area contributed by atoms with Crippen LogP contribution in [-0.2, 0) is 22.5 Å². The fraction of sp³-hybridized carbons (Fsp3) is 0.333. The summed E-state index contributed by atoms with van der Waals surface area (Å²) in [5, 5.41) is 8.76. The third kappa shape index (κ3) is 5.24. The van der Waals surface area contributed by atoms with Crippen LogP contribution in [0.25, 0.3) is 10.8 Å². The monoisotopic (exact) mass is 428 g/mol. The Kier molecular flexibility index (Phi) is 6.83. The number of pyridine rings is 1. The lowest BCUT2D eigenvalue weighted by molar-refractivity contribution is -0.142. The molecule has 0 aliphatic heterocycles. The molecule has 0 saturated heterocycles. The van der Waals surface area contributed by atoms with Gasteiger partial charge in [0.2, 0.25) is 0 Å².